The van der Waals surface area contributed by atoms with Crippen LogP contribution in [-0.4, -0.2) is 25.8 Å². The number of rotatable bonds is 6. The number of hydrogen-bond donors (Lipinski definition) is 2. The van der Waals surface area contributed by atoms with Crippen LogP contribution in [0.4, 0.5) is 5.00 Å². The molecule has 0 radical (unpaired) electrons. The standard InChI is InChI=1S/C24H26N4O3S2/c1-16-2-4-18(5-3-16)14-28-11-10-20-21(13-25)24(32-22(20)15-28)27-23(29)12-17-6-8-19(9-7-17)33(26,30)31/h2-6,8H,7,9-12,14-15H2,1H3,(H,27,29)(H2,26,30,31). The van der Waals surface area contributed by atoms with Gasteiger partial charge in [0.05, 0.1) is 10.5 Å². The number of amides is 1. The van der Waals surface area contributed by atoms with Crippen LogP contribution in [0.5, 0.6) is 0 Å². The van der Waals surface area contributed by atoms with E-state index in [4.69, 9.17) is 5.14 Å². The molecule has 0 spiro atoms. The number of primary sulfonamides is 1. The second-order valence-corrected chi connectivity index (χ2v) is 11.2. The van der Waals surface area contributed by atoms with Crippen LogP contribution in [0, 0.1) is 18.3 Å². The van der Waals surface area contributed by atoms with Crippen molar-refractivity contribution in [2.45, 2.75) is 45.7 Å². The summed E-state index contributed by atoms with van der Waals surface area (Å²) in [5.74, 6) is -0.208. The Balaban J connectivity index is 1.42. The number of sulfonamides is 1. The van der Waals surface area contributed by atoms with Gasteiger partial charge in [-0.2, -0.15) is 5.26 Å². The number of aryl methyl sites for hydroxylation is 1. The van der Waals surface area contributed by atoms with Gasteiger partial charge in [-0.25, -0.2) is 13.6 Å². The van der Waals surface area contributed by atoms with Gasteiger partial charge in [0, 0.05) is 30.9 Å². The largest absolute Gasteiger partial charge is 0.316 e. The number of carbonyl (C=O) groups excluding carboxylic acids is 1. The fraction of sp³-hybridized carbons (Fsp3) is 0.333. The predicted molar refractivity (Wildman–Crippen MR) is 130 cm³/mol. The van der Waals surface area contributed by atoms with E-state index in [1.807, 2.05) is 0 Å². The van der Waals surface area contributed by atoms with Gasteiger partial charge in [0.1, 0.15) is 11.1 Å². The molecule has 2 heterocycles. The maximum atomic E-state index is 12.6. The molecule has 0 unspecified atom stereocenters. The number of allylic oxidation sites excluding steroid dienone is 3. The Morgan fingerprint density at radius 1 is 1.21 bits per heavy atom. The molecule has 0 fully saturated rings. The topological polar surface area (TPSA) is 116 Å². The number of nitrogens with two attached hydrogens (primary N) is 1. The SMILES string of the molecule is Cc1ccc(CN2CCc3c(sc(NC(=O)CC4=CC=C(S(N)(=O)=O)CC4)c3C#N)C2)cc1. The van der Waals surface area contributed by atoms with E-state index in [-0.39, 0.29) is 17.2 Å². The normalized spacial score (nSPS) is 16.4. The Morgan fingerprint density at radius 3 is 2.61 bits per heavy atom. The molecule has 4 rings (SSSR count). The number of anilines is 1. The molecule has 7 nitrogen and oxygen atoms in total. The van der Waals surface area contributed by atoms with Crippen LogP contribution in [0.2, 0.25) is 0 Å². The fourth-order valence-electron chi connectivity index (χ4n) is 4.17. The highest BCUT2D eigenvalue weighted by Crippen LogP contribution is 2.37. The predicted octanol–water partition coefficient (Wildman–Crippen LogP) is 3.71. The summed E-state index contributed by atoms with van der Waals surface area (Å²) in [5.41, 5.74) is 4.93. The number of nitrogens with one attached hydrogen (secondary N) is 1. The number of benzene rings is 1. The summed E-state index contributed by atoms with van der Waals surface area (Å²) < 4.78 is 22.9. The second kappa shape index (κ2) is 9.61. The minimum atomic E-state index is -3.69. The second-order valence-electron chi connectivity index (χ2n) is 8.49. The highest BCUT2D eigenvalue weighted by atomic mass is 32.2. The molecule has 1 aliphatic heterocycles. The van der Waals surface area contributed by atoms with Crippen molar-refractivity contribution in [3.05, 3.63) is 74.0 Å². The van der Waals surface area contributed by atoms with Crippen molar-refractivity contribution in [3.8, 4) is 6.07 Å². The van der Waals surface area contributed by atoms with Gasteiger partial charge in [0.25, 0.3) is 0 Å². The van der Waals surface area contributed by atoms with Gasteiger partial charge in [-0.15, -0.1) is 11.3 Å². The Morgan fingerprint density at radius 2 is 1.97 bits per heavy atom. The third-order valence-corrected chi connectivity index (χ3v) is 8.18. The van der Waals surface area contributed by atoms with E-state index in [1.165, 1.54) is 28.5 Å². The third-order valence-electron chi connectivity index (χ3n) is 5.98. The van der Waals surface area contributed by atoms with E-state index in [0.29, 0.717) is 23.4 Å². The minimum Gasteiger partial charge on any atom is -0.316 e. The molecular formula is C24H26N4O3S2. The van der Waals surface area contributed by atoms with Gasteiger partial charge in [0.15, 0.2) is 0 Å². The molecule has 0 atom stereocenters. The molecule has 9 heteroatoms. The van der Waals surface area contributed by atoms with E-state index >= 15 is 0 Å². The molecule has 2 aromatic rings. The average Bonchev–Trinajstić information content (AvgIpc) is 3.11. The fourth-order valence-corrected chi connectivity index (χ4v) is 6.07. The first-order chi connectivity index (χ1) is 15.7. The Labute approximate surface area is 198 Å². The molecule has 2 aliphatic rings. The highest BCUT2D eigenvalue weighted by Gasteiger charge is 2.26. The van der Waals surface area contributed by atoms with Crippen molar-refractivity contribution in [2.24, 2.45) is 5.14 Å². The smallest absolute Gasteiger partial charge is 0.234 e. The molecule has 3 N–H and O–H groups in total. The number of nitriles is 1. The minimum absolute atomic E-state index is 0.154. The maximum absolute atomic E-state index is 12.6. The van der Waals surface area contributed by atoms with E-state index in [1.54, 1.807) is 6.08 Å². The van der Waals surface area contributed by atoms with Gasteiger partial charge >= 0.3 is 0 Å². The lowest BCUT2D eigenvalue weighted by molar-refractivity contribution is -0.115. The first-order valence-electron chi connectivity index (χ1n) is 10.8. The average molecular weight is 483 g/mol. The van der Waals surface area contributed by atoms with E-state index in [0.717, 1.165) is 42.1 Å². The summed E-state index contributed by atoms with van der Waals surface area (Å²) in [5, 5.41) is 18.4. The molecule has 33 heavy (non-hydrogen) atoms. The molecule has 1 amide bonds. The van der Waals surface area contributed by atoms with Crippen LogP contribution < -0.4 is 10.5 Å². The lowest BCUT2D eigenvalue weighted by Crippen LogP contribution is -2.29. The summed E-state index contributed by atoms with van der Waals surface area (Å²) in [6.45, 7) is 4.55. The molecule has 1 aliphatic carbocycles. The zero-order chi connectivity index (χ0) is 23.6. The van der Waals surface area contributed by atoms with E-state index in [9.17, 15) is 18.5 Å². The first-order valence-corrected chi connectivity index (χ1v) is 13.1. The summed E-state index contributed by atoms with van der Waals surface area (Å²) in [7, 11) is -3.69. The number of fused-ring (bicyclic) bond motifs is 1. The first kappa shape index (κ1) is 23.4. The molecule has 0 bridgehead atoms. The Bertz CT molecular complexity index is 1280. The highest BCUT2D eigenvalue weighted by molar-refractivity contribution is 7.93. The molecule has 1 aromatic heterocycles. The van der Waals surface area contributed by atoms with Gasteiger partial charge in [0.2, 0.25) is 15.9 Å². The van der Waals surface area contributed by atoms with Gasteiger partial charge in [-0.3, -0.25) is 9.69 Å². The molecule has 172 valence electrons. The Hall–Kier alpha value is -2.77. The van der Waals surface area contributed by atoms with Gasteiger partial charge < -0.3 is 5.32 Å². The monoisotopic (exact) mass is 482 g/mol. The van der Waals surface area contributed by atoms with Crippen molar-refractivity contribution >= 4 is 32.3 Å². The van der Waals surface area contributed by atoms with Crippen LogP contribution in [0.15, 0.2) is 46.9 Å². The number of nitrogens with zero attached hydrogens (tertiary/aromatic N) is 2. The van der Waals surface area contributed by atoms with Crippen LogP contribution in [0.25, 0.3) is 0 Å². The summed E-state index contributed by atoms with van der Waals surface area (Å²) in [6.07, 6.45) is 4.82. The summed E-state index contributed by atoms with van der Waals surface area (Å²) >= 11 is 1.47. The van der Waals surface area contributed by atoms with Crippen molar-refractivity contribution in [3.63, 3.8) is 0 Å². The summed E-state index contributed by atoms with van der Waals surface area (Å²) in [4.78, 5) is 16.3. The van der Waals surface area contributed by atoms with Crippen LogP contribution in [-0.2, 0) is 34.3 Å². The van der Waals surface area contributed by atoms with Gasteiger partial charge in [-0.1, -0.05) is 41.5 Å². The quantitative estimate of drug-likeness (QED) is 0.651. The lowest BCUT2D eigenvalue weighted by Gasteiger charge is -2.26. The molecule has 1 aromatic carbocycles. The number of hydrogen-bond acceptors (Lipinski definition) is 6. The zero-order valence-corrected chi connectivity index (χ0v) is 20.1. The zero-order valence-electron chi connectivity index (χ0n) is 18.4. The molecule has 0 saturated heterocycles. The third kappa shape index (κ3) is 5.60. The van der Waals surface area contributed by atoms with Crippen LogP contribution >= 0.6 is 11.3 Å². The van der Waals surface area contributed by atoms with E-state index in [2.05, 4.69) is 47.5 Å². The van der Waals surface area contributed by atoms with E-state index < -0.39 is 10.0 Å². The van der Waals surface area contributed by atoms with Crippen molar-refractivity contribution in [1.29, 1.82) is 5.26 Å². The van der Waals surface area contributed by atoms with Crippen molar-refractivity contribution in [1.82, 2.24) is 4.90 Å². The molecule has 0 saturated carbocycles. The number of carbonyl (C=O) groups is 1. The Kier molecular flexibility index (Phi) is 6.81. The summed E-state index contributed by atoms with van der Waals surface area (Å²) in [6, 6.07) is 10.8. The van der Waals surface area contributed by atoms with Gasteiger partial charge in [-0.05, 0) is 43.4 Å². The molecular weight excluding hydrogens is 456 g/mol. The maximum Gasteiger partial charge on any atom is 0.234 e. The van der Waals surface area contributed by atoms with Crippen LogP contribution in [0.3, 0.4) is 0 Å². The number of thiophene rings is 1. The van der Waals surface area contributed by atoms with Crippen molar-refractivity contribution < 1.29 is 13.2 Å². The van der Waals surface area contributed by atoms with Crippen LogP contribution in [0.1, 0.15) is 46.4 Å². The van der Waals surface area contributed by atoms with Crippen molar-refractivity contribution in [2.75, 3.05) is 11.9 Å². The lowest BCUT2D eigenvalue weighted by atomic mass is 10.0.